The minimum absolute atomic E-state index is 0.522. The Balaban J connectivity index is 0. The Labute approximate surface area is 486 Å². The molecular formula is C79H106. The molecule has 0 amide bonds. The molecule has 1 aliphatic carbocycles. The summed E-state index contributed by atoms with van der Waals surface area (Å²) in [4.78, 5) is 0. The largest absolute Gasteiger partial charge is 0.106 e. The molecule has 79 heavy (non-hydrogen) atoms. The second-order valence-corrected chi connectivity index (χ2v) is 17.4. The maximum Gasteiger partial charge on any atom is 0.00887 e. The molecule has 9 rings (SSSR count). The summed E-state index contributed by atoms with van der Waals surface area (Å²) in [5.74, 6) is 0.522. The molecule has 0 saturated carbocycles. The summed E-state index contributed by atoms with van der Waals surface area (Å²) in [6.07, 6.45) is 5.92. The lowest BCUT2D eigenvalue weighted by molar-refractivity contribution is 0.782. The van der Waals surface area contributed by atoms with Gasteiger partial charge in [-0.2, -0.15) is 0 Å². The third kappa shape index (κ3) is 26.3. The average Bonchev–Trinajstić information content (AvgIpc) is 3.54. The van der Waals surface area contributed by atoms with Crippen LogP contribution in [0.3, 0.4) is 0 Å². The molecule has 0 bridgehead atoms. The summed E-state index contributed by atoms with van der Waals surface area (Å²) in [6, 6.07) is 74.7. The summed E-state index contributed by atoms with van der Waals surface area (Å²) in [7, 11) is 0. The van der Waals surface area contributed by atoms with Crippen molar-refractivity contribution in [2.24, 2.45) is 0 Å². The summed E-state index contributed by atoms with van der Waals surface area (Å²) >= 11 is 0. The van der Waals surface area contributed by atoms with Crippen LogP contribution in [0, 0.1) is 20.8 Å². The first-order valence-corrected chi connectivity index (χ1v) is 29.6. The normalized spacial score (nSPS) is 11.1. The first kappa shape index (κ1) is 73.8. The van der Waals surface area contributed by atoms with Crippen molar-refractivity contribution in [3.05, 3.63) is 288 Å². The summed E-state index contributed by atoms with van der Waals surface area (Å²) in [5, 5.41) is 0. The van der Waals surface area contributed by atoms with Gasteiger partial charge in [0.2, 0.25) is 0 Å². The quantitative estimate of drug-likeness (QED) is 0.140. The molecule has 8 aromatic rings. The molecule has 0 N–H and O–H groups in total. The van der Waals surface area contributed by atoms with E-state index in [4.69, 9.17) is 0 Å². The Kier molecular flexibility index (Phi) is 43.7. The number of allylic oxidation sites excluding steroid dienone is 5. The Morgan fingerprint density at radius 2 is 0.810 bits per heavy atom. The van der Waals surface area contributed by atoms with E-state index in [1.807, 2.05) is 100 Å². The van der Waals surface area contributed by atoms with Gasteiger partial charge in [0, 0.05) is 5.92 Å². The van der Waals surface area contributed by atoms with Crippen LogP contribution in [0.25, 0.3) is 44.5 Å². The Hall–Kier alpha value is -7.28. The molecule has 1 unspecified atom stereocenters. The van der Waals surface area contributed by atoms with Gasteiger partial charge in [-0.15, -0.1) is 13.2 Å². The Morgan fingerprint density at radius 1 is 0.418 bits per heavy atom. The molecule has 0 saturated heterocycles. The maximum absolute atomic E-state index is 4.05. The zero-order valence-electron chi connectivity index (χ0n) is 53.1. The standard InChI is InChI=1S/C27H22.C22H24.C8H10.C7H8.C3H8.5C2H6.C2H4/c1-20(2)24-11-8-12-25(19-24)21-15-17-23(18-16-21)27-14-7-6-13-26(27)22-9-4-3-5-10-22;1-15-9-5-7-11-19(15)21-13-14-22(18(4)17(21)3)20-12-8-6-10-16(20)2;1-2-8-6-4-3-5-7-8;1-7-5-3-2-4-6-7;1-3-2;6*1-2/h3-19H,1H2,2H3;5-13,22H,14H2,1-4H3;3-7H,2H2,1H3;2-6H,1H3;3H2,1-2H3;5*1-2H3;1-2H2. The second kappa shape index (κ2) is 46.8. The highest BCUT2D eigenvalue weighted by molar-refractivity contribution is 5.85. The van der Waals surface area contributed by atoms with Crippen molar-refractivity contribution in [2.75, 3.05) is 0 Å². The lowest BCUT2D eigenvalue weighted by atomic mass is 9.77. The van der Waals surface area contributed by atoms with Gasteiger partial charge in [-0.05, 0) is 138 Å². The van der Waals surface area contributed by atoms with Crippen LogP contribution in [-0.2, 0) is 6.42 Å². The lowest BCUT2D eigenvalue weighted by Crippen LogP contribution is -2.09. The molecule has 0 spiro atoms. The molecule has 0 aromatic heterocycles. The molecule has 0 nitrogen and oxygen atoms in total. The predicted molar refractivity (Wildman–Crippen MR) is 364 cm³/mol. The Morgan fingerprint density at radius 3 is 1.24 bits per heavy atom. The van der Waals surface area contributed by atoms with Gasteiger partial charge in [-0.3, -0.25) is 0 Å². The van der Waals surface area contributed by atoms with Crippen molar-refractivity contribution < 1.29 is 0 Å². The molecule has 0 radical (unpaired) electrons. The van der Waals surface area contributed by atoms with Gasteiger partial charge in [0.25, 0.3) is 0 Å². The van der Waals surface area contributed by atoms with Crippen molar-refractivity contribution in [1.29, 1.82) is 0 Å². The SMILES string of the molecule is C=C.C=C(C)c1cccc(-c2ccc(-c3ccccc3-c3ccccc3)cc2)c1.CC.CC.CC.CC.CC.CC1=C(C)C(c2ccccc2C)CC=C1c1ccccc1C.CCC.CCc1ccccc1.Cc1ccccc1. The van der Waals surface area contributed by atoms with E-state index in [0.717, 1.165) is 18.4 Å². The topological polar surface area (TPSA) is 0 Å². The van der Waals surface area contributed by atoms with E-state index in [9.17, 15) is 0 Å². The van der Waals surface area contributed by atoms with Gasteiger partial charge < -0.3 is 0 Å². The predicted octanol–water partition coefficient (Wildman–Crippen LogP) is 25.5. The van der Waals surface area contributed by atoms with E-state index >= 15 is 0 Å². The minimum Gasteiger partial charge on any atom is -0.106 e. The van der Waals surface area contributed by atoms with E-state index in [1.54, 1.807) is 0 Å². The van der Waals surface area contributed by atoms with Crippen molar-refractivity contribution in [3.8, 4) is 33.4 Å². The molecule has 422 valence electrons. The van der Waals surface area contributed by atoms with E-state index in [1.165, 1.54) is 95.5 Å². The van der Waals surface area contributed by atoms with Crippen LogP contribution in [0.15, 0.2) is 249 Å². The fraction of sp³-hybridized carbons (Fsp3) is 0.291. The minimum atomic E-state index is 0.522. The van der Waals surface area contributed by atoms with Gasteiger partial charge in [0.15, 0.2) is 0 Å². The van der Waals surface area contributed by atoms with Crippen molar-refractivity contribution >= 4 is 11.1 Å². The van der Waals surface area contributed by atoms with Gasteiger partial charge in [0.05, 0.1) is 0 Å². The summed E-state index contributed by atoms with van der Waals surface area (Å²) < 4.78 is 0. The van der Waals surface area contributed by atoms with Crippen LogP contribution in [0.4, 0.5) is 0 Å². The molecule has 0 heterocycles. The highest BCUT2D eigenvalue weighted by Crippen LogP contribution is 2.42. The lowest BCUT2D eigenvalue weighted by Gasteiger charge is -2.27. The van der Waals surface area contributed by atoms with Gasteiger partial charge in [-0.1, -0.05) is 332 Å². The third-order valence-electron chi connectivity index (χ3n) is 12.2. The molecule has 8 aromatic carbocycles. The van der Waals surface area contributed by atoms with Crippen LogP contribution >= 0.6 is 0 Å². The first-order chi connectivity index (χ1) is 38.6. The van der Waals surface area contributed by atoms with Crippen LogP contribution in [-0.4, -0.2) is 0 Å². The highest BCUT2D eigenvalue weighted by Gasteiger charge is 2.23. The molecular weight excluding hydrogens is 949 g/mol. The monoisotopic (exact) mass is 1050 g/mol. The summed E-state index contributed by atoms with van der Waals surface area (Å²) in [5.41, 5.74) is 22.4. The van der Waals surface area contributed by atoms with Gasteiger partial charge in [-0.25, -0.2) is 0 Å². The molecule has 0 fully saturated rings. The van der Waals surface area contributed by atoms with Gasteiger partial charge in [0.1, 0.15) is 0 Å². The second-order valence-electron chi connectivity index (χ2n) is 17.4. The smallest absolute Gasteiger partial charge is 0.00887 e. The number of hydrogen-bond donors (Lipinski definition) is 0. The average molecular weight is 1060 g/mol. The number of hydrogen-bond acceptors (Lipinski definition) is 0. The van der Waals surface area contributed by atoms with Crippen LogP contribution in [0.5, 0.6) is 0 Å². The summed E-state index contributed by atoms with van der Waals surface area (Å²) in [6.45, 7) is 49.6. The van der Waals surface area contributed by atoms with Crippen LogP contribution < -0.4 is 0 Å². The third-order valence-corrected chi connectivity index (χ3v) is 12.2. The zero-order chi connectivity index (χ0) is 60.0. The number of aryl methyl sites for hydroxylation is 4. The Bertz CT molecular complexity index is 2800. The fourth-order valence-electron chi connectivity index (χ4n) is 8.22. The molecule has 1 atom stereocenters. The van der Waals surface area contributed by atoms with Gasteiger partial charge >= 0.3 is 0 Å². The van der Waals surface area contributed by atoms with E-state index in [-0.39, 0.29) is 0 Å². The van der Waals surface area contributed by atoms with Crippen LogP contribution in [0.2, 0.25) is 0 Å². The zero-order valence-corrected chi connectivity index (χ0v) is 53.1. The first-order valence-electron chi connectivity index (χ1n) is 29.6. The van der Waals surface area contributed by atoms with E-state index in [2.05, 4.69) is 269 Å². The van der Waals surface area contributed by atoms with Crippen molar-refractivity contribution in [1.82, 2.24) is 0 Å². The van der Waals surface area contributed by atoms with Crippen molar-refractivity contribution in [3.63, 3.8) is 0 Å². The molecule has 0 aliphatic heterocycles. The maximum atomic E-state index is 4.05. The fourth-order valence-corrected chi connectivity index (χ4v) is 8.22. The molecule has 0 heteroatoms. The van der Waals surface area contributed by atoms with E-state index < -0.39 is 0 Å². The molecule has 1 aliphatic rings. The van der Waals surface area contributed by atoms with Crippen LogP contribution in [0.1, 0.15) is 168 Å². The number of benzene rings is 8. The van der Waals surface area contributed by atoms with Crippen molar-refractivity contribution in [2.45, 2.75) is 157 Å². The highest BCUT2D eigenvalue weighted by atomic mass is 14.3. The van der Waals surface area contributed by atoms with E-state index in [0.29, 0.717) is 5.92 Å². The number of rotatable bonds is 7.